The highest BCUT2D eigenvalue weighted by Gasteiger charge is 2.17. The molecule has 1 unspecified atom stereocenters. The van der Waals surface area contributed by atoms with Crippen LogP contribution < -0.4 is 10.1 Å². The number of carbonyl (C=O) groups is 2. The van der Waals surface area contributed by atoms with Crippen LogP contribution in [0.3, 0.4) is 0 Å². The van der Waals surface area contributed by atoms with Gasteiger partial charge < -0.3 is 15.2 Å². The largest absolute Gasteiger partial charge is 0.497 e. The van der Waals surface area contributed by atoms with E-state index >= 15 is 0 Å². The predicted octanol–water partition coefficient (Wildman–Crippen LogP) is 2.35. The number of amides is 1. The van der Waals surface area contributed by atoms with E-state index in [9.17, 15) is 19.7 Å². The van der Waals surface area contributed by atoms with E-state index in [4.69, 9.17) is 9.84 Å². The van der Waals surface area contributed by atoms with E-state index in [2.05, 4.69) is 5.32 Å². The second kappa shape index (κ2) is 9.33. The van der Waals surface area contributed by atoms with Crippen LogP contribution in [-0.2, 0) is 22.4 Å². The first-order valence-electron chi connectivity index (χ1n) is 8.25. The molecule has 0 heterocycles. The number of hydrogen-bond acceptors (Lipinski definition) is 5. The van der Waals surface area contributed by atoms with Gasteiger partial charge in [-0.25, -0.2) is 0 Å². The summed E-state index contributed by atoms with van der Waals surface area (Å²) in [6.45, 7) is 0. The van der Waals surface area contributed by atoms with Gasteiger partial charge in [-0.05, 0) is 29.7 Å². The third-order valence-electron chi connectivity index (χ3n) is 3.91. The Morgan fingerprint density at radius 1 is 1.19 bits per heavy atom. The summed E-state index contributed by atoms with van der Waals surface area (Å²) in [5.41, 5.74) is 1.40. The summed E-state index contributed by atoms with van der Waals surface area (Å²) >= 11 is 0. The molecule has 0 saturated heterocycles. The van der Waals surface area contributed by atoms with Crippen LogP contribution in [0.4, 0.5) is 5.69 Å². The van der Waals surface area contributed by atoms with Crippen LogP contribution in [0.1, 0.15) is 17.5 Å². The number of carbonyl (C=O) groups excluding carboxylic acids is 1. The number of rotatable bonds is 9. The molecule has 2 aromatic rings. The number of nitro benzene ring substituents is 1. The van der Waals surface area contributed by atoms with Crippen LogP contribution in [0.2, 0.25) is 0 Å². The van der Waals surface area contributed by atoms with E-state index in [0.717, 1.165) is 5.56 Å². The minimum Gasteiger partial charge on any atom is -0.497 e. The lowest BCUT2D eigenvalue weighted by atomic mass is 10.0. The number of aliphatic carboxylic acids is 1. The summed E-state index contributed by atoms with van der Waals surface area (Å²) in [7, 11) is 1.53. The second-order valence-corrected chi connectivity index (χ2v) is 6.02. The summed E-state index contributed by atoms with van der Waals surface area (Å²) < 4.78 is 5.12. The zero-order valence-corrected chi connectivity index (χ0v) is 14.8. The van der Waals surface area contributed by atoms with Gasteiger partial charge in [-0.1, -0.05) is 24.3 Å². The van der Waals surface area contributed by atoms with E-state index in [-0.39, 0.29) is 30.9 Å². The number of hydrogen-bond donors (Lipinski definition) is 2. The highest BCUT2D eigenvalue weighted by Crippen LogP contribution is 2.15. The average Bonchev–Trinajstić information content (AvgIpc) is 2.61. The first kappa shape index (κ1) is 19.9. The van der Waals surface area contributed by atoms with Crippen LogP contribution in [-0.4, -0.2) is 35.1 Å². The summed E-state index contributed by atoms with van der Waals surface area (Å²) in [5.74, 6) is -0.715. The molecule has 0 radical (unpaired) electrons. The zero-order valence-electron chi connectivity index (χ0n) is 14.8. The minimum absolute atomic E-state index is 0.0457. The molecule has 2 rings (SSSR count). The fourth-order valence-electron chi connectivity index (χ4n) is 2.67. The molecule has 142 valence electrons. The third kappa shape index (κ3) is 6.43. The third-order valence-corrected chi connectivity index (χ3v) is 3.91. The van der Waals surface area contributed by atoms with E-state index in [1.165, 1.54) is 19.2 Å². The van der Waals surface area contributed by atoms with Crippen LogP contribution in [0.5, 0.6) is 5.75 Å². The molecule has 27 heavy (non-hydrogen) atoms. The number of nitrogens with zero attached hydrogens (tertiary/aromatic N) is 1. The summed E-state index contributed by atoms with van der Waals surface area (Å²) in [6.07, 6.45) is 0.0998. The van der Waals surface area contributed by atoms with Gasteiger partial charge in [0.15, 0.2) is 0 Å². The number of non-ortho nitro benzene ring substituents is 1. The summed E-state index contributed by atoms with van der Waals surface area (Å²) in [4.78, 5) is 33.6. The molecule has 0 aliphatic rings. The zero-order chi connectivity index (χ0) is 19.8. The van der Waals surface area contributed by atoms with Gasteiger partial charge >= 0.3 is 5.97 Å². The molecular formula is C19H20N2O6. The first-order valence-corrected chi connectivity index (χ1v) is 8.25. The van der Waals surface area contributed by atoms with Crippen molar-refractivity contribution in [2.24, 2.45) is 0 Å². The van der Waals surface area contributed by atoms with E-state index in [1.807, 2.05) is 0 Å². The van der Waals surface area contributed by atoms with Crippen molar-refractivity contribution in [1.29, 1.82) is 0 Å². The number of carboxylic acid groups (broad SMARTS) is 1. The Hall–Kier alpha value is -3.42. The van der Waals surface area contributed by atoms with Gasteiger partial charge in [-0.2, -0.15) is 0 Å². The van der Waals surface area contributed by atoms with Gasteiger partial charge in [0.05, 0.1) is 24.9 Å². The van der Waals surface area contributed by atoms with Crippen LogP contribution in [0.25, 0.3) is 0 Å². The second-order valence-electron chi connectivity index (χ2n) is 6.02. The maximum atomic E-state index is 12.3. The molecule has 0 spiro atoms. The van der Waals surface area contributed by atoms with Gasteiger partial charge in [-0.15, -0.1) is 0 Å². The molecule has 0 bridgehead atoms. The lowest BCUT2D eigenvalue weighted by Crippen LogP contribution is -2.38. The van der Waals surface area contributed by atoms with Crippen molar-refractivity contribution in [1.82, 2.24) is 5.32 Å². The number of ether oxygens (including phenoxy) is 1. The van der Waals surface area contributed by atoms with Crippen LogP contribution in [0.15, 0.2) is 48.5 Å². The SMILES string of the molecule is COc1cccc(CC(=O)NC(CC(=O)O)Cc2ccc([N+](=O)[O-])cc2)c1. The van der Waals surface area contributed by atoms with Crippen LogP contribution >= 0.6 is 0 Å². The predicted molar refractivity (Wildman–Crippen MR) is 97.7 cm³/mol. The molecule has 1 amide bonds. The quantitative estimate of drug-likeness (QED) is 0.515. The van der Waals surface area contributed by atoms with Crippen molar-refractivity contribution in [3.63, 3.8) is 0 Å². The minimum atomic E-state index is -1.04. The Balaban J connectivity index is 2.03. The first-order chi connectivity index (χ1) is 12.9. The molecule has 0 aliphatic heterocycles. The van der Waals surface area contributed by atoms with Gasteiger partial charge in [0.2, 0.25) is 5.91 Å². The standard InChI is InChI=1S/C19H20N2O6/c1-27-17-4-2-3-14(10-17)11-18(22)20-15(12-19(23)24)9-13-5-7-16(8-6-13)21(25)26/h2-8,10,15H,9,11-12H2,1H3,(H,20,22)(H,23,24). The van der Waals surface area contributed by atoms with Crippen molar-refractivity contribution in [2.45, 2.75) is 25.3 Å². The fraction of sp³-hybridized carbons (Fsp3) is 0.263. The Morgan fingerprint density at radius 3 is 2.48 bits per heavy atom. The van der Waals surface area contributed by atoms with Crippen LogP contribution in [0, 0.1) is 10.1 Å². The number of carboxylic acids is 1. The highest BCUT2D eigenvalue weighted by atomic mass is 16.6. The number of benzene rings is 2. The van der Waals surface area contributed by atoms with Crippen molar-refractivity contribution in [3.05, 3.63) is 69.8 Å². The smallest absolute Gasteiger partial charge is 0.305 e. The molecule has 0 aromatic heterocycles. The lowest BCUT2D eigenvalue weighted by molar-refractivity contribution is -0.384. The van der Waals surface area contributed by atoms with E-state index in [1.54, 1.807) is 36.4 Å². The number of methoxy groups -OCH3 is 1. The summed E-state index contributed by atoms with van der Waals surface area (Å²) in [6, 6.07) is 12.3. The van der Waals surface area contributed by atoms with Crippen molar-refractivity contribution in [2.75, 3.05) is 7.11 Å². The Kier molecular flexibility index (Phi) is 6.87. The molecule has 2 N–H and O–H groups in total. The van der Waals surface area contributed by atoms with Crippen molar-refractivity contribution in [3.8, 4) is 5.75 Å². The average molecular weight is 372 g/mol. The van der Waals surface area contributed by atoms with E-state index < -0.39 is 16.9 Å². The topological polar surface area (TPSA) is 119 Å². The van der Waals surface area contributed by atoms with Gasteiger partial charge in [-0.3, -0.25) is 19.7 Å². The monoisotopic (exact) mass is 372 g/mol. The van der Waals surface area contributed by atoms with Gasteiger partial charge in [0, 0.05) is 18.2 Å². The van der Waals surface area contributed by atoms with Gasteiger partial charge in [0.1, 0.15) is 5.75 Å². The lowest BCUT2D eigenvalue weighted by Gasteiger charge is -2.17. The van der Waals surface area contributed by atoms with Gasteiger partial charge in [0.25, 0.3) is 5.69 Å². The Labute approximate surface area is 155 Å². The highest BCUT2D eigenvalue weighted by molar-refractivity contribution is 5.79. The molecule has 0 saturated carbocycles. The molecular weight excluding hydrogens is 352 g/mol. The maximum absolute atomic E-state index is 12.3. The molecule has 8 heteroatoms. The fourth-order valence-corrected chi connectivity index (χ4v) is 2.67. The molecule has 8 nitrogen and oxygen atoms in total. The Morgan fingerprint density at radius 2 is 1.89 bits per heavy atom. The number of nitrogens with one attached hydrogen (secondary N) is 1. The van der Waals surface area contributed by atoms with Crippen molar-refractivity contribution < 1.29 is 24.4 Å². The van der Waals surface area contributed by atoms with Crippen molar-refractivity contribution >= 4 is 17.6 Å². The Bertz CT molecular complexity index is 819. The molecule has 0 aliphatic carbocycles. The normalized spacial score (nSPS) is 11.4. The number of nitro groups is 1. The summed E-state index contributed by atoms with van der Waals surface area (Å²) in [5, 5.41) is 22.5. The molecule has 0 fully saturated rings. The molecule has 2 aromatic carbocycles. The van der Waals surface area contributed by atoms with E-state index in [0.29, 0.717) is 11.3 Å². The molecule has 1 atom stereocenters. The maximum Gasteiger partial charge on any atom is 0.305 e.